The Labute approximate surface area is 172 Å². The van der Waals surface area contributed by atoms with Gasteiger partial charge in [-0.25, -0.2) is 4.98 Å². The lowest BCUT2D eigenvalue weighted by Crippen LogP contribution is -3.13. The number of ether oxygens (including phenoxy) is 1. The number of carbonyl (C=O) groups is 1. The smallest absolute Gasteiger partial charge is 0.235 e. The van der Waals surface area contributed by atoms with Gasteiger partial charge < -0.3 is 20.5 Å². The molecular weight excluding hydrogens is 390 g/mol. The van der Waals surface area contributed by atoms with Crippen molar-refractivity contribution in [3.8, 4) is 11.6 Å². The number of rotatable bonds is 6. The highest BCUT2D eigenvalue weighted by Gasteiger charge is 2.36. The Bertz CT molecular complexity index is 1010. The number of aromatic hydroxyl groups is 1. The van der Waals surface area contributed by atoms with E-state index in [9.17, 15) is 9.90 Å². The minimum Gasteiger partial charge on any atom is -0.497 e. The summed E-state index contributed by atoms with van der Waals surface area (Å²) in [6.45, 7) is 3.60. The van der Waals surface area contributed by atoms with Gasteiger partial charge in [-0.1, -0.05) is 18.3 Å². The molecule has 1 aromatic carbocycles. The first kappa shape index (κ1) is 19.7. The van der Waals surface area contributed by atoms with E-state index < -0.39 is 0 Å². The molecule has 1 aliphatic heterocycles. The number of primary amides is 1. The monoisotopic (exact) mass is 416 g/mol. The molecule has 1 fully saturated rings. The molecule has 0 aliphatic carbocycles. The van der Waals surface area contributed by atoms with E-state index in [1.807, 2.05) is 31.2 Å². The number of methoxy groups -OCH3 is 1. The second-order valence-corrected chi connectivity index (χ2v) is 8.42. The lowest BCUT2D eigenvalue weighted by molar-refractivity contribution is -0.930. The number of benzene rings is 1. The van der Waals surface area contributed by atoms with Crippen LogP contribution in [0.5, 0.6) is 11.6 Å². The summed E-state index contributed by atoms with van der Waals surface area (Å²) < 4.78 is 6.83. The molecule has 0 radical (unpaired) electrons. The van der Waals surface area contributed by atoms with Crippen LogP contribution in [0.15, 0.2) is 24.3 Å². The fraction of sp³-hybridized carbons (Fsp3) is 0.450. The molecular formula is C20H26N5O3S+. The summed E-state index contributed by atoms with van der Waals surface area (Å²) in [4.78, 5) is 18.9. The number of aromatic nitrogens is 3. The van der Waals surface area contributed by atoms with Crippen LogP contribution in [-0.4, -0.2) is 45.8 Å². The third-order valence-electron chi connectivity index (χ3n) is 5.71. The number of fused-ring (bicyclic) bond motifs is 1. The van der Waals surface area contributed by atoms with Crippen LogP contribution >= 0.6 is 11.3 Å². The molecule has 4 N–H and O–H groups in total. The molecule has 29 heavy (non-hydrogen) atoms. The van der Waals surface area contributed by atoms with Crippen LogP contribution in [0.2, 0.25) is 0 Å². The number of thiazole rings is 1. The Kier molecular flexibility index (Phi) is 5.42. The number of amides is 1. The zero-order valence-corrected chi connectivity index (χ0v) is 17.4. The number of hydrogen-bond donors (Lipinski definition) is 3. The van der Waals surface area contributed by atoms with Gasteiger partial charge >= 0.3 is 0 Å². The van der Waals surface area contributed by atoms with Crippen molar-refractivity contribution in [3.63, 3.8) is 0 Å². The molecule has 8 nitrogen and oxygen atoms in total. The lowest BCUT2D eigenvalue weighted by atomic mass is 9.93. The number of likely N-dealkylation sites (tertiary alicyclic amines) is 1. The van der Waals surface area contributed by atoms with Crippen molar-refractivity contribution in [3.05, 3.63) is 40.5 Å². The summed E-state index contributed by atoms with van der Waals surface area (Å²) >= 11 is 1.47. The zero-order valence-electron chi connectivity index (χ0n) is 16.6. The van der Waals surface area contributed by atoms with Crippen molar-refractivity contribution in [2.24, 2.45) is 11.7 Å². The summed E-state index contributed by atoms with van der Waals surface area (Å²) in [5.74, 6) is 1.35. The summed E-state index contributed by atoms with van der Waals surface area (Å²) in [6, 6.07) is 7.85. The average Bonchev–Trinajstić information content (AvgIpc) is 3.28. The van der Waals surface area contributed by atoms with Crippen LogP contribution in [0.3, 0.4) is 0 Å². The van der Waals surface area contributed by atoms with Crippen molar-refractivity contribution in [1.82, 2.24) is 14.6 Å². The van der Waals surface area contributed by atoms with E-state index in [0.29, 0.717) is 10.8 Å². The van der Waals surface area contributed by atoms with E-state index in [1.54, 1.807) is 7.11 Å². The number of nitrogens with two attached hydrogens (primary N) is 1. The van der Waals surface area contributed by atoms with Gasteiger partial charge in [-0.3, -0.25) is 4.79 Å². The molecule has 154 valence electrons. The fourth-order valence-electron chi connectivity index (χ4n) is 4.06. The van der Waals surface area contributed by atoms with Crippen molar-refractivity contribution < 1.29 is 19.5 Å². The predicted molar refractivity (Wildman–Crippen MR) is 109 cm³/mol. The number of hydrogen-bond acceptors (Lipinski definition) is 6. The summed E-state index contributed by atoms with van der Waals surface area (Å²) in [6.07, 6.45) is 2.22. The van der Waals surface area contributed by atoms with Crippen molar-refractivity contribution in [2.75, 3.05) is 20.2 Å². The van der Waals surface area contributed by atoms with Gasteiger partial charge in [-0.05, 0) is 24.3 Å². The number of carbonyl (C=O) groups excluding carboxylic acids is 1. The third kappa shape index (κ3) is 3.67. The maximum atomic E-state index is 11.6. The van der Waals surface area contributed by atoms with Crippen LogP contribution in [-0.2, 0) is 11.2 Å². The van der Waals surface area contributed by atoms with E-state index in [1.165, 1.54) is 20.8 Å². The minimum absolute atomic E-state index is 0.0710. The molecule has 0 bridgehead atoms. The Balaban J connectivity index is 1.73. The number of quaternary nitrogens is 1. The maximum Gasteiger partial charge on any atom is 0.235 e. The fourth-order valence-corrected chi connectivity index (χ4v) is 5.22. The number of piperidine rings is 1. The predicted octanol–water partition coefficient (Wildman–Crippen LogP) is 0.937. The molecule has 3 heterocycles. The largest absolute Gasteiger partial charge is 0.497 e. The molecule has 1 aliphatic rings. The molecule has 0 spiro atoms. The molecule has 0 unspecified atom stereocenters. The topological polar surface area (TPSA) is 107 Å². The lowest BCUT2D eigenvalue weighted by Gasteiger charge is -2.33. The Morgan fingerprint density at radius 2 is 2.07 bits per heavy atom. The van der Waals surface area contributed by atoms with Crippen molar-refractivity contribution in [1.29, 1.82) is 0 Å². The molecule has 2 aromatic heterocycles. The number of nitrogens with zero attached hydrogens (tertiary/aromatic N) is 3. The average molecular weight is 417 g/mol. The van der Waals surface area contributed by atoms with Gasteiger partial charge in [0.05, 0.1) is 20.2 Å². The number of nitrogens with one attached hydrogen (secondary N) is 1. The van der Waals surface area contributed by atoms with Gasteiger partial charge in [0, 0.05) is 30.7 Å². The Morgan fingerprint density at radius 1 is 1.38 bits per heavy atom. The highest BCUT2D eigenvalue weighted by Crippen LogP contribution is 2.36. The highest BCUT2D eigenvalue weighted by molar-refractivity contribution is 7.17. The highest BCUT2D eigenvalue weighted by atomic mass is 32.1. The first-order valence-corrected chi connectivity index (χ1v) is 10.7. The molecule has 0 saturated carbocycles. The van der Waals surface area contributed by atoms with Crippen LogP contribution in [0, 0.1) is 5.92 Å². The van der Waals surface area contributed by atoms with Gasteiger partial charge in [0.1, 0.15) is 10.6 Å². The van der Waals surface area contributed by atoms with Crippen LogP contribution in [0.4, 0.5) is 0 Å². The quantitative estimate of drug-likeness (QED) is 0.554. The van der Waals surface area contributed by atoms with Crippen LogP contribution in [0.1, 0.15) is 42.1 Å². The van der Waals surface area contributed by atoms with E-state index in [0.717, 1.165) is 48.5 Å². The molecule has 1 atom stereocenters. The summed E-state index contributed by atoms with van der Waals surface area (Å²) in [5.41, 5.74) is 6.59. The van der Waals surface area contributed by atoms with E-state index in [4.69, 9.17) is 10.5 Å². The van der Waals surface area contributed by atoms with Crippen LogP contribution < -0.4 is 15.4 Å². The van der Waals surface area contributed by atoms with Crippen molar-refractivity contribution >= 4 is 22.2 Å². The molecule has 4 rings (SSSR count). The molecule has 3 aromatic rings. The zero-order chi connectivity index (χ0) is 20.5. The third-order valence-corrected chi connectivity index (χ3v) is 6.79. The van der Waals surface area contributed by atoms with Gasteiger partial charge in [0.15, 0.2) is 11.9 Å². The van der Waals surface area contributed by atoms with E-state index >= 15 is 0 Å². The number of aryl methyl sites for hydroxylation is 1. The van der Waals surface area contributed by atoms with Crippen molar-refractivity contribution in [2.45, 2.75) is 32.2 Å². The Morgan fingerprint density at radius 3 is 2.62 bits per heavy atom. The first-order valence-electron chi connectivity index (χ1n) is 9.87. The maximum absolute atomic E-state index is 11.6. The molecule has 1 saturated heterocycles. The Hall–Kier alpha value is -2.65. The molecule has 1 amide bonds. The SMILES string of the molecule is CCc1nc2sc([C@H](c3ccc(OC)cc3)[NH+]3CCC(C(N)=O)CC3)c(O)n2n1. The standard InChI is InChI=1S/C20H25N5O3S/c1-3-15-22-20-25(23-15)19(27)17(29-20)16(12-4-6-14(28-2)7-5-12)24-10-8-13(9-11-24)18(21)26/h4-7,13,16,27H,3,8-11H2,1-2H3,(H2,21,26)/p+1/t16-/m0/s1. The minimum atomic E-state index is -0.223. The van der Waals surface area contributed by atoms with Gasteiger partial charge in [-0.2, -0.15) is 4.52 Å². The summed E-state index contributed by atoms with van der Waals surface area (Å²) in [7, 11) is 1.64. The molecule has 9 heteroatoms. The second kappa shape index (κ2) is 8.00. The van der Waals surface area contributed by atoms with Gasteiger partial charge in [-0.15, -0.1) is 5.10 Å². The second-order valence-electron chi connectivity index (χ2n) is 7.41. The van der Waals surface area contributed by atoms with Gasteiger partial charge in [0.25, 0.3) is 0 Å². The van der Waals surface area contributed by atoms with Gasteiger partial charge in [0.2, 0.25) is 16.7 Å². The summed E-state index contributed by atoms with van der Waals surface area (Å²) in [5, 5.41) is 15.4. The van der Waals surface area contributed by atoms with Crippen LogP contribution in [0.25, 0.3) is 4.96 Å². The van der Waals surface area contributed by atoms with E-state index in [2.05, 4.69) is 10.1 Å². The first-order chi connectivity index (χ1) is 14.0. The van der Waals surface area contributed by atoms with E-state index in [-0.39, 0.29) is 23.7 Å². The normalized spacial score (nSPS) is 20.6.